The van der Waals surface area contributed by atoms with Gasteiger partial charge in [0.2, 0.25) is 0 Å². The van der Waals surface area contributed by atoms with Gasteiger partial charge >= 0.3 is 5.97 Å². The highest BCUT2D eigenvalue weighted by atomic mass is 32.1. The van der Waals surface area contributed by atoms with Gasteiger partial charge < -0.3 is 4.74 Å². The number of carbonyl (C=O) groups is 1. The van der Waals surface area contributed by atoms with Crippen LogP contribution in [-0.4, -0.2) is 20.9 Å². The number of nitrogens with zero attached hydrogens (tertiary/aromatic N) is 3. The zero-order valence-corrected chi connectivity index (χ0v) is 14.9. The van der Waals surface area contributed by atoms with E-state index in [1.807, 2.05) is 12.1 Å². The molecule has 1 unspecified atom stereocenters. The van der Waals surface area contributed by atoms with E-state index in [9.17, 15) is 14.9 Å². The quantitative estimate of drug-likeness (QED) is 0.377. The lowest BCUT2D eigenvalue weighted by Gasteiger charge is -2.13. The smallest absolute Gasteiger partial charge is 0.358 e. The van der Waals surface area contributed by atoms with Crippen LogP contribution in [0, 0.1) is 17.0 Å². The SMILES string of the molecule is Cc1ccc(C(C)OC(=O)c2csc(-c3ccccn3)n2)cc1[N+](=O)[O-]. The van der Waals surface area contributed by atoms with Gasteiger partial charge in [0, 0.05) is 23.2 Å². The number of nitro groups is 1. The number of benzene rings is 1. The Balaban J connectivity index is 1.75. The molecule has 26 heavy (non-hydrogen) atoms. The first-order valence-electron chi connectivity index (χ1n) is 7.78. The van der Waals surface area contributed by atoms with Crippen molar-refractivity contribution in [1.82, 2.24) is 9.97 Å². The van der Waals surface area contributed by atoms with Crippen LogP contribution in [0.3, 0.4) is 0 Å². The minimum atomic E-state index is -0.637. The summed E-state index contributed by atoms with van der Waals surface area (Å²) in [5, 5.41) is 13.3. The summed E-state index contributed by atoms with van der Waals surface area (Å²) in [7, 11) is 0. The van der Waals surface area contributed by atoms with Crippen molar-refractivity contribution in [2.45, 2.75) is 20.0 Å². The number of rotatable bonds is 5. The first-order valence-corrected chi connectivity index (χ1v) is 8.66. The predicted octanol–water partition coefficient (Wildman–Crippen LogP) is 4.34. The molecule has 2 heterocycles. The Morgan fingerprint density at radius 2 is 2.12 bits per heavy atom. The number of hydrogen-bond donors (Lipinski definition) is 0. The summed E-state index contributed by atoms with van der Waals surface area (Å²) in [5.41, 5.74) is 1.96. The van der Waals surface area contributed by atoms with E-state index in [2.05, 4.69) is 9.97 Å². The molecule has 132 valence electrons. The lowest BCUT2D eigenvalue weighted by molar-refractivity contribution is -0.385. The molecule has 0 bridgehead atoms. The van der Waals surface area contributed by atoms with Gasteiger partial charge in [0.05, 0.1) is 10.6 Å². The molecule has 0 fully saturated rings. The van der Waals surface area contributed by atoms with Gasteiger partial charge in [-0.1, -0.05) is 18.2 Å². The van der Waals surface area contributed by atoms with Gasteiger partial charge in [-0.3, -0.25) is 15.1 Å². The molecule has 0 aliphatic rings. The average Bonchev–Trinajstić information content (AvgIpc) is 3.13. The molecule has 3 rings (SSSR count). The number of nitro benzene ring substituents is 1. The Morgan fingerprint density at radius 1 is 1.31 bits per heavy atom. The summed E-state index contributed by atoms with van der Waals surface area (Å²) in [5.74, 6) is -0.584. The van der Waals surface area contributed by atoms with Gasteiger partial charge in [0.25, 0.3) is 5.69 Å². The second kappa shape index (κ2) is 7.40. The van der Waals surface area contributed by atoms with Crippen LogP contribution < -0.4 is 0 Å². The van der Waals surface area contributed by atoms with E-state index in [1.54, 1.807) is 43.6 Å². The fraction of sp³-hybridized carbons (Fsp3) is 0.167. The van der Waals surface area contributed by atoms with E-state index in [0.29, 0.717) is 21.8 Å². The van der Waals surface area contributed by atoms with Crippen LogP contribution >= 0.6 is 11.3 Å². The van der Waals surface area contributed by atoms with Crippen molar-refractivity contribution in [3.63, 3.8) is 0 Å². The molecular weight excluding hydrogens is 354 g/mol. The predicted molar refractivity (Wildman–Crippen MR) is 97.0 cm³/mol. The fourth-order valence-electron chi connectivity index (χ4n) is 2.34. The molecule has 0 aliphatic heterocycles. The van der Waals surface area contributed by atoms with Crippen molar-refractivity contribution in [2.24, 2.45) is 0 Å². The average molecular weight is 369 g/mol. The number of aromatic nitrogens is 2. The number of pyridine rings is 1. The number of esters is 1. The van der Waals surface area contributed by atoms with Crippen LogP contribution in [0.2, 0.25) is 0 Å². The van der Waals surface area contributed by atoms with Gasteiger partial charge in [0.1, 0.15) is 11.1 Å². The number of carbonyl (C=O) groups excluding carboxylic acids is 1. The van der Waals surface area contributed by atoms with Crippen LogP contribution in [0.15, 0.2) is 48.0 Å². The third kappa shape index (κ3) is 3.75. The van der Waals surface area contributed by atoms with E-state index in [4.69, 9.17) is 4.74 Å². The van der Waals surface area contributed by atoms with Gasteiger partial charge in [0.15, 0.2) is 5.69 Å². The second-order valence-corrected chi connectivity index (χ2v) is 6.46. The van der Waals surface area contributed by atoms with Crippen LogP contribution in [-0.2, 0) is 4.74 Å². The minimum Gasteiger partial charge on any atom is -0.453 e. The molecule has 1 aromatic carbocycles. The topological polar surface area (TPSA) is 95.2 Å². The summed E-state index contributed by atoms with van der Waals surface area (Å²) in [6.45, 7) is 3.32. The van der Waals surface area contributed by atoms with Gasteiger partial charge in [-0.2, -0.15) is 0 Å². The van der Waals surface area contributed by atoms with Crippen LogP contribution in [0.25, 0.3) is 10.7 Å². The normalized spacial score (nSPS) is 11.8. The molecular formula is C18H15N3O4S. The molecule has 7 nitrogen and oxygen atoms in total. The van der Waals surface area contributed by atoms with E-state index in [1.165, 1.54) is 17.4 Å². The zero-order chi connectivity index (χ0) is 18.7. The number of ether oxygens (including phenoxy) is 1. The highest BCUT2D eigenvalue weighted by Crippen LogP contribution is 2.27. The highest BCUT2D eigenvalue weighted by Gasteiger charge is 2.20. The minimum absolute atomic E-state index is 0.00324. The van der Waals surface area contributed by atoms with E-state index >= 15 is 0 Å². The van der Waals surface area contributed by atoms with Crippen LogP contribution in [0.4, 0.5) is 5.69 Å². The van der Waals surface area contributed by atoms with Crippen LogP contribution in [0.1, 0.15) is 34.6 Å². The van der Waals surface area contributed by atoms with Crippen LogP contribution in [0.5, 0.6) is 0 Å². The maximum atomic E-state index is 12.3. The number of aryl methyl sites for hydroxylation is 1. The lowest BCUT2D eigenvalue weighted by atomic mass is 10.1. The summed E-state index contributed by atoms with van der Waals surface area (Å²) in [6, 6.07) is 10.2. The van der Waals surface area contributed by atoms with Gasteiger partial charge in [-0.25, -0.2) is 9.78 Å². The van der Waals surface area contributed by atoms with E-state index in [0.717, 1.165) is 0 Å². The standard InChI is InChI=1S/C18H15N3O4S/c1-11-6-7-13(9-16(11)21(23)24)12(2)25-18(22)15-10-26-17(20-15)14-5-3-4-8-19-14/h3-10,12H,1-2H3. The highest BCUT2D eigenvalue weighted by molar-refractivity contribution is 7.13. The second-order valence-electron chi connectivity index (χ2n) is 5.60. The lowest BCUT2D eigenvalue weighted by Crippen LogP contribution is -2.10. The Bertz CT molecular complexity index is 956. The molecule has 0 aliphatic carbocycles. The largest absolute Gasteiger partial charge is 0.453 e. The first-order chi connectivity index (χ1) is 12.5. The van der Waals surface area contributed by atoms with Crippen molar-refractivity contribution < 1.29 is 14.5 Å². The summed E-state index contributed by atoms with van der Waals surface area (Å²) in [6.07, 6.45) is 1.02. The molecule has 0 radical (unpaired) electrons. The van der Waals surface area contributed by atoms with Gasteiger partial charge in [-0.05, 0) is 31.5 Å². The van der Waals surface area contributed by atoms with Crippen molar-refractivity contribution >= 4 is 23.0 Å². The zero-order valence-electron chi connectivity index (χ0n) is 14.1. The molecule has 3 aromatic rings. The molecule has 1 atom stereocenters. The fourth-order valence-corrected chi connectivity index (χ4v) is 3.10. The molecule has 0 spiro atoms. The van der Waals surface area contributed by atoms with E-state index < -0.39 is 17.0 Å². The summed E-state index contributed by atoms with van der Waals surface area (Å²) >= 11 is 1.30. The summed E-state index contributed by atoms with van der Waals surface area (Å²) < 4.78 is 5.41. The molecule has 0 amide bonds. The third-order valence-electron chi connectivity index (χ3n) is 3.78. The van der Waals surface area contributed by atoms with E-state index in [-0.39, 0.29) is 11.4 Å². The number of thiazole rings is 1. The first kappa shape index (κ1) is 17.7. The Labute approximate surface area is 153 Å². The van der Waals surface area contributed by atoms with Crippen molar-refractivity contribution in [2.75, 3.05) is 0 Å². The molecule has 8 heteroatoms. The van der Waals surface area contributed by atoms with Crippen molar-refractivity contribution in [3.8, 4) is 10.7 Å². The Kier molecular flexibility index (Phi) is 5.04. The molecule has 0 N–H and O–H groups in total. The maximum Gasteiger partial charge on any atom is 0.358 e. The third-order valence-corrected chi connectivity index (χ3v) is 4.65. The number of hydrogen-bond acceptors (Lipinski definition) is 7. The maximum absolute atomic E-state index is 12.3. The molecule has 0 saturated heterocycles. The van der Waals surface area contributed by atoms with Crippen molar-refractivity contribution in [1.29, 1.82) is 0 Å². The van der Waals surface area contributed by atoms with Gasteiger partial charge in [-0.15, -0.1) is 11.3 Å². The molecule has 2 aromatic heterocycles. The summed E-state index contributed by atoms with van der Waals surface area (Å²) in [4.78, 5) is 31.4. The molecule has 0 saturated carbocycles. The Morgan fingerprint density at radius 3 is 2.81 bits per heavy atom. The monoisotopic (exact) mass is 369 g/mol. The Hall–Kier alpha value is -3.13. The van der Waals surface area contributed by atoms with Crippen molar-refractivity contribution in [3.05, 3.63) is 74.9 Å².